The maximum absolute atomic E-state index is 12.0. The first-order chi connectivity index (χ1) is 7.20. The largest absolute Gasteiger partial charge is 0.338 e. The van der Waals surface area contributed by atoms with Crippen LogP contribution in [-0.4, -0.2) is 28.9 Å². The van der Waals surface area contributed by atoms with Crippen molar-refractivity contribution in [1.29, 1.82) is 0 Å². The van der Waals surface area contributed by atoms with Crippen molar-refractivity contribution in [2.45, 2.75) is 19.8 Å². The number of aryl methyl sites for hydroxylation is 1. The second kappa shape index (κ2) is 3.88. The molecule has 0 aromatic carbocycles. The summed E-state index contributed by atoms with van der Waals surface area (Å²) in [7, 11) is 0. The minimum Gasteiger partial charge on any atom is -0.338 e. The van der Waals surface area contributed by atoms with Gasteiger partial charge in [-0.25, -0.2) is 0 Å². The second-order valence-electron chi connectivity index (χ2n) is 3.86. The van der Waals surface area contributed by atoms with Gasteiger partial charge in [-0.05, 0) is 31.4 Å². The Labute approximate surface area is 87.9 Å². The SMILES string of the molecule is Cc1cc[nH]c(=O)c1C(=O)N1CCCC1. The number of nitrogens with one attached hydrogen (secondary N) is 1. The highest BCUT2D eigenvalue weighted by Crippen LogP contribution is 2.12. The Morgan fingerprint density at radius 1 is 1.40 bits per heavy atom. The smallest absolute Gasteiger partial charge is 0.261 e. The topological polar surface area (TPSA) is 53.2 Å². The molecule has 1 aromatic rings. The molecule has 2 rings (SSSR count). The lowest BCUT2D eigenvalue weighted by Gasteiger charge is -2.15. The van der Waals surface area contributed by atoms with Crippen molar-refractivity contribution in [3.8, 4) is 0 Å². The molecule has 1 saturated heterocycles. The summed E-state index contributed by atoms with van der Waals surface area (Å²) in [4.78, 5) is 27.8. The number of H-pyrrole nitrogens is 1. The molecule has 2 heterocycles. The van der Waals surface area contributed by atoms with E-state index in [2.05, 4.69) is 4.98 Å². The molecule has 0 aliphatic carbocycles. The first kappa shape index (κ1) is 9.96. The number of rotatable bonds is 1. The molecule has 1 aliphatic heterocycles. The highest BCUT2D eigenvalue weighted by atomic mass is 16.2. The van der Waals surface area contributed by atoms with E-state index >= 15 is 0 Å². The summed E-state index contributed by atoms with van der Waals surface area (Å²) in [6, 6.07) is 1.75. The zero-order valence-corrected chi connectivity index (χ0v) is 8.75. The van der Waals surface area contributed by atoms with E-state index in [9.17, 15) is 9.59 Å². The van der Waals surface area contributed by atoms with Gasteiger partial charge in [0.25, 0.3) is 11.5 Å². The van der Waals surface area contributed by atoms with Crippen LogP contribution in [-0.2, 0) is 0 Å². The highest BCUT2D eigenvalue weighted by Gasteiger charge is 2.22. The number of aromatic nitrogens is 1. The zero-order chi connectivity index (χ0) is 10.8. The molecule has 0 radical (unpaired) electrons. The molecular weight excluding hydrogens is 192 g/mol. The van der Waals surface area contributed by atoms with Crippen LogP contribution < -0.4 is 5.56 Å². The molecule has 1 aliphatic rings. The van der Waals surface area contributed by atoms with Gasteiger partial charge in [-0.15, -0.1) is 0 Å². The van der Waals surface area contributed by atoms with E-state index in [0.717, 1.165) is 31.5 Å². The first-order valence-electron chi connectivity index (χ1n) is 5.17. The quantitative estimate of drug-likeness (QED) is 0.742. The van der Waals surface area contributed by atoms with Crippen LogP contribution in [0.1, 0.15) is 28.8 Å². The maximum Gasteiger partial charge on any atom is 0.261 e. The molecule has 1 N–H and O–H groups in total. The van der Waals surface area contributed by atoms with Crippen molar-refractivity contribution in [2.24, 2.45) is 0 Å². The Bertz CT molecular complexity index is 430. The van der Waals surface area contributed by atoms with Crippen LogP contribution in [0.25, 0.3) is 0 Å². The van der Waals surface area contributed by atoms with Gasteiger partial charge >= 0.3 is 0 Å². The highest BCUT2D eigenvalue weighted by molar-refractivity contribution is 5.95. The van der Waals surface area contributed by atoms with Gasteiger partial charge < -0.3 is 9.88 Å². The normalized spacial score (nSPS) is 15.7. The summed E-state index contributed by atoms with van der Waals surface area (Å²) in [5, 5.41) is 0. The minimum absolute atomic E-state index is 0.133. The molecule has 1 amide bonds. The zero-order valence-electron chi connectivity index (χ0n) is 8.75. The Morgan fingerprint density at radius 3 is 2.67 bits per heavy atom. The number of hydrogen-bond acceptors (Lipinski definition) is 2. The van der Waals surface area contributed by atoms with Gasteiger partial charge in [0.1, 0.15) is 5.56 Å². The van der Waals surface area contributed by atoms with Crippen LogP contribution in [0.2, 0.25) is 0 Å². The van der Waals surface area contributed by atoms with Gasteiger partial charge in [0, 0.05) is 19.3 Å². The molecule has 1 fully saturated rings. The van der Waals surface area contributed by atoms with Gasteiger partial charge in [0.15, 0.2) is 0 Å². The number of likely N-dealkylation sites (tertiary alicyclic amines) is 1. The molecule has 4 nitrogen and oxygen atoms in total. The van der Waals surface area contributed by atoms with Crippen molar-refractivity contribution in [3.63, 3.8) is 0 Å². The third kappa shape index (κ3) is 1.79. The lowest BCUT2D eigenvalue weighted by Crippen LogP contribution is -2.33. The molecule has 0 unspecified atom stereocenters. The van der Waals surface area contributed by atoms with E-state index in [4.69, 9.17) is 0 Å². The summed E-state index contributed by atoms with van der Waals surface area (Å²) in [5.41, 5.74) is 0.752. The Balaban J connectivity index is 2.36. The number of amides is 1. The van der Waals surface area contributed by atoms with E-state index in [1.54, 1.807) is 24.1 Å². The minimum atomic E-state index is -0.285. The van der Waals surface area contributed by atoms with Crippen molar-refractivity contribution < 1.29 is 4.79 Å². The average molecular weight is 206 g/mol. The molecule has 4 heteroatoms. The van der Waals surface area contributed by atoms with Crippen molar-refractivity contribution in [1.82, 2.24) is 9.88 Å². The van der Waals surface area contributed by atoms with E-state index in [0.29, 0.717) is 5.56 Å². The van der Waals surface area contributed by atoms with Crippen LogP contribution >= 0.6 is 0 Å². The number of pyridine rings is 1. The maximum atomic E-state index is 12.0. The number of carbonyl (C=O) groups excluding carboxylic acids is 1. The predicted octanol–water partition coefficient (Wildman–Crippen LogP) is 0.919. The fourth-order valence-corrected chi connectivity index (χ4v) is 1.92. The van der Waals surface area contributed by atoms with E-state index in [-0.39, 0.29) is 11.5 Å². The molecule has 0 bridgehead atoms. The van der Waals surface area contributed by atoms with Crippen LogP contribution in [0.15, 0.2) is 17.1 Å². The number of nitrogens with zero attached hydrogens (tertiary/aromatic N) is 1. The summed E-state index contributed by atoms with van der Waals surface area (Å²) in [6.07, 6.45) is 3.64. The standard InChI is InChI=1S/C11H14N2O2/c1-8-4-5-12-10(14)9(8)11(15)13-6-2-3-7-13/h4-5H,2-3,6-7H2,1H3,(H,12,14). The van der Waals surface area contributed by atoms with Crippen molar-refractivity contribution >= 4 is 5.91 Å². The predicted molar refractivity (Wildman–Crippen MR) is 56.9 cm³/mol. The molecular formula is C11H14N2O2. The number of aromatic amines is 1. The molecule has 0 spiro atoms. The first-order valence-corrected chi connectivity index (χ1v) is 5.17. The molecule has 80 valence electrons. The molecule has 0 atom stereocenters. The second-order valence-corrected chi connectivity index (χ2v) is 3.86. The molecule has 0 saturated carbocycles. The van der Waals surface area contributed by atoms with Gasteiger partial charge in [-0.2, -0.15) is 0 Å². The van der Waals surface area contributed by atoms with Crippen molar-refractivity contribution in [3.05, 3.63) is 33.7 Å². The van der Waals surface area contributed by atoms with Crippen LogP contribution in [0, 0.1) is 6.92 Å². The van der Waals surface area contributed by atoms with E-state index in [1.807, 2.05) is 0 Å². The molecule has 15 heavy (non-hydrogen) atoms. The Morgan fingerprint density at radius 2 is 2.07 bits per heavy atom. The summed E-state index contributed by atoms with van der Waals surface area (Å²) < 4.78 is 0. The van der Waals surface area contributed by atoms with E-state index < -0.39 is 0 Å². The number of carbonyl (C=O) groups is 1. The third-order valence-electron chi connectivity index (χ3n) is 2.78. The fourth-order valence-electron chi connectivity index (χ4n) is 1.92. The van der Waals surface area contributed by atoms with Crippen LogP contribution in [0.3, 0.4) is 0 Å². The monoisotopic (exact) mass is 206 g/mol. The van der Waals surface area contributed by atoms with E-state index in [1.165, 1.54) is 0 Å². The summed E-state index contributed by atoms with van der Waals surface area (Å²) >= 11 is 0. The van der Waals surface area contributed by atoms with Gasteiger partial charge in [0.2, 0.25) is 0 Å². The Kier molecular flexibility index (Phi) is 2.58. The third-order valence-corrected chi connectivity index (χ3v) is 2.78. The van der Waals surface area contributed by atoms with Gasteiger partial charge in [-0.1, -0.05) is 0 Å². The fraction of sp³-hybridized carbons (Fsp3) is 0.455. The van der Waals surface area contributed by atoms with Gasteiger partial charge in [0.05, 0.1) is 0 Å². The molecule has 1 aromatic heterocycles. The summed E-state index contributed by atoms with van der Waals surface area (Å²) in [6.45, 7) is 3.33. The summed E-state index contributed by atoms with van der Waals surface area (Å²) in [5.74, 6) is -0.133. The van der Waals surface area contributed by atoms with Crippen LogP contribution in [0.5, 0.6) is 0 Å². The van der Waals surface area contributed by atoms with Crippen molar-refractivity contribution in [2.75, 3.05) is 13.1 Å². The lowest BCUT2D eigenvalue weighted by atomic mass is 10.1. The lowest BCUT2D eigenvalue weighted by molar-refractivity contribution is 0.0790. The Hall–Kier alpha value is -1.58. The van der Waals surface area contributed by atoms with Crippen LogP contribution in [0.4, 0.5) is 0 Å². The number of hydrogen-bond donors (Lipinski definition) is 1. The van der Waals surface area contributed by atoms with Gasteiger partial charge in [-0.3, -0.25) is 9.59 Å². The average Bonchev–Trinajstić information content (AvgIpc) is 2.69.